The predicted octanol–water partition coefficient (Wildman–Crippen LogP) is 3.99. The van der Waals surface area contributed by atoms with Crippen LogP contribution < -0.4 is 0 Å². The highest BCUT2D eigenvalue weighted by atomic mass is 16.5. The van der Waals surface area contributed by atoms with Crippen LogP contribution >= 0.6 is 0 Å². The van der Waals surface area contributed by atoms with Crippen LogP contribution in [0.25, 0.3) is 10.9 Å². The first-order valence-corrected chi connectivity index (χ1v) is 11.4. The van der Waals surface area contributed by atoms with Crippen molar-refractivity contribution >= 4 is 16.8 Å². The van der Waals surface area contributed by atoms with Crippen LogP contribution in [0.3, 0.4) is 0 Å². The number of H-pyrrole nitrogens is 1. The SMILES string of the molecule is O=C1CO[C@]2(CCCN(Cc3ccc4cc[nH]c4c3)CC2)CN1CCc1ccccc1. The molecule has 1 N–H and O–H groups in total. The highest BCUT2D eigenvalue weighted by molar-refractivity contribution is 5.80. The van der Waals surface area contributed by atoms with Crippen LogP contribution in [-0.4, -0.2) is 59.1 Å². The molecule has 2 aromatic carbocycles. The van der Waals surface area contributed by atoms with Gasteiger partial charge in [0.1, 0.15) is 6.61 Å². The summed E-state index contributed by atoms with van der Waals surface area (Å²) in [6, 6.07) is 19.2. The van der Waals surface area contributed by atoms with Gasteiger partial charge in [0.15, 0.2) is 0 Å². The summed E-state index contributed by atoms with van der Waals surface area (Å²) in [4.78, 5) is 20.4. The number of carbonyl (C=O) groups is 1. The minimum Gasteiger partial charge on any atom is -0.363 e. The average Bonchev–Trinajstić information content (AvgIpc) is 3.18. The molecule has 2 fully saturated rings. The monoisotopic (exact) mass is 417 g/mol. The summed E-state index contributed by atoms with van der Waals surface area (Å²) in [6.45, 7) is 4.75. The summed E-state index contributed by atoms with van der Waals surface area (Å²) in [6.07, 6.45) is 6.00. The highest BCUT2D eigenvalue weighted by Crippen LogP contribution is 2.31. The Kier molecular flexibility index (Phi) is 5.79. The Labute approximate surface area is 184 Å². The molecule has 1 spiro atoms. The Morgan fingerprint density at radius 1 is 1.00 bits per heavy atom. The molecule has 162 valence electrons. The highest BCUT2D eigenvalue weighted by Gasteiger charge is 2.40. The topological polar surface area (TPSA) is 48.6 Å². The van der Waals surface area contributed by atoms with E-state index in [2.05, 4.69) is 58.4 Å². The number of amides is 1. The molecule has 5 nitrogen and oxygen atoms in total. The Balaban J connectivity index is 1.20. The van der Waals surface area contributed by atoms with Gasteiger partial charge in [-0.1, -0.05) is 42.5 Å². The predicted molar refractivity (Wildman–Crippen MR) is 123 cm³/mol. The summed E-state index contributed by atoms with van der Waals surface area (Å²) in [5.74, 6) is 0.127. The molecule has 1 amide bonds. The number of hydrogen-bond donors (Lipinski definition) is 1. The first-order chi connectivity index (χ1) is 15.2. The minimum absolute atomic E-state index is 0.127. The minimum atomic E-state index is -0.192. The molecular weight excluding hydrogens is 386 g/mol. The van der Waals surface area contributed by atoms with Crippen molar-refractivity contribution in [3.8, 4) is 0 Å². The quantitative estimate of drug-likeness (QED) is 0.683. The molecule has 0 aliphatic carbocycles. The van der Waals surface area contributed by atoms with E-state index in [1.165, 1.54) is 22.0 Å². The summed E-state index contributed by atoms with van der Waals surface area (Å²) < 4.78 is 6.20. The summed E-state index contributed by atoms with van der Waals surface area (Å²) >= 11 is 0. The zero-order valence-electron chi connectivity index (χ0n) is 18.1. The number of morpholine rings is 1. The Morgan fingerprint density at radius 3 is 2.81 bits per heavy atom. The molecule has 3 aromatic rings. The van der Waals surface area contributed by atoms with Crippen molar-refractivity contribution in [1.82, 2.24) is 14.8 Å². The molecule has 1 aromatic heterocycles. The van der Waals surface area contributed by atoms with Crippen molar-refractivity contribution in [1.29, 1.82) is 0 Å². The number of aromatic amines is 1. The average molecular weight is 418 g/mol. The van der Waals surface area contributed by atoms with E-state index in [9.17, 15) is 4.79 Å². The normalized spacial score (nSPS) is 22.8. The van der Waals surface area contributed by atoms with Crippen LogP contribution in [0.15, 0.2) is 60.8 Å². The third kappa shape index (κ3) is 4.68. The lowest BCUT2D eigenvalue weighted by atomic mass is 9.92. The molecule has 2 aliphatic rings. The van der Waals surface area contributed by atoms with Gasteiger partial charge in [-0.3, -0.25) is 9.69 Å². The largest absolute Gasteiger partial charge is 0.363 e. The molecule has 1 atom stereocenters. The van der Waals surface area contributed by atoms with Gasteiger partial charge < -0.3 is 14.6 Å². The second-order valence-corrected chi connectivity index (χ2v) is 9.05. The van der Waals surface area contributed by atoms with Gasteiger partial charge in [-0.05, 0) is 60.9 Å². The van der Waals surface area contributed by atoms with Crippen LogP contribution in [0.1, 0.15) is 30.4 Å². The van der Waals surface area contributed by atoms with E-state index in [1.54, 1.807) is 0 Å². The number of likely N-dealkylation sites (tertiary alicyclic amines) is 1. The maximum absolute atomic E-state index is 12.5. The van der Waals surface area contributed by atoms with Gasteiger partial charge in [-0.2, -0.15) is 0 Å². The van der Waals surface area contributed by atoms with E-state index in [-0.39, 0.29) is 18.1 Å². The van der Waals surface area contributed by atoms with Gasteiger partial charge >= 0.3 is 0 Å². The standard InChI is InChI=1S/C26H31N3O2/c30-25-19-31-26(20-29(25)15-10-21-5-2-1-3-6-21)11-4-14-28(16-12-26)18-22-7-8-23-9-13-27-24(23)17-22/h1-3,5-9,13,17,27H,4,10-12,14-16,18-20H2/t26-/m0/s1. The summed E-state index contributed by atoms with van der Waals surface area (Å²) in [5.41, 5.74) is 3.63. The fraction of sp³-hybridized carbons (Fsp3) is 0.423. The Hall–Kier alpha value is -2.63. The van der Waals surface area contributed by atoms with E-state index in [0.717, 1.165) is 58.4 Å². The van der Waals surface area contributed by atoms with E-state index in [0.29, 0.717) is 0 Å². The molecule has 5 heteroatoms. The fourth-order valence-corrected chi connectivity index (χ4v) is 5.04. The van der Waals surface area contributed by atoms with Crippen LogP contribution in [0.4, 0.5) is 0 Å². The molecule has 0 radical (unpaired) electrons. The molecule has 0 saturated carbocycles. The smallest absolute Gasteiger partial charge is 0.248 e. The van der Waals surface area contributed by atoms with Crippen molar-refractivity contribution in [3.63, 3.8) is 0 Å². The lowest BCUT2D eigenvalue weighted by Gasteiger charge is -2.42. The molecule has 2 aliphatic heterocycles. The van der Waals surface area contributed by atoms with E-state index < -0.39 is 0 Å². The van der Waals surface area contributed by atoms with Crippen molar-refractivity contribution in [3.05, 3.63) is 71.9 Å². The molecule has 0 unspecified atom stereocenters. The van der Waals surface area contributed by atoms with Gasteiger partial charge in [0.2, 0.25) is 5.91 Å². The molecule has 0 bridgehead atoms. The Morgan fingerprint density at radius 2 is 1.90 bits per heavy atom. The van der Waals surface area contributed by atoms with Crippen molar-refractivity contribution in [2.45, 2.75) is 37.8 Å². The van der Waals surface area contributed by atoms with E-state index in [4.69, 9.17) is 4.74 Å². The number of aromatic nitrogens is 1. The number of nitrogens with zero attached hydrogens (tertiary/aromatic N) is 2. The number of rotatable bonds is 5. The number of nitrogens with one attached hydrogen (secondary N) is 1. The molecule has 3 heterocycles. The third-order valence-electron chi connectivity index (χ3n) is 6.86. The zero-order chi connectivity index (χ0) is 21.1. The molecule has 31 heavy (non-hydrogen) atoms. The molecule has 2 saturated heterocycles. The van der Waals surface area contributed by atoms with Gasteiger partial charge in [0.25, 0.3) is 0 Å². The Bertz CT molecular complexity index is 1030. The van der Waals surface area contributed by atoms with Gasteiger partial charge in [-0.25, -0.2) is 0 Å². The van der Waals surface area contributed by atoms with Crippen LogP contribution in [0, 0.1) is 0 Å². The molecule has 5 rings (SSSR count). The van der Waals surface area contributed by atoms with Crippen molar-refractivity contribution in [2.75, 3.05) is 32.8 Å². The number of ether oxygens (including phenoxy) is 1. The number of carbonyl (C=O) groups excluding carboxylic acids is 1. The molecular formula is C26H31N3O2. The second-order valence-electron chi connectivity index (χ2n) is 9.05. The van der Waals surface area contributed by atoms with E-state index in [1.807, 2.05) is 17.2 Å². The van der Waals surface area contributed by atoms with Crippen LogP contribution in [-0.2, 0) is 22.5 Å². The van der Waals surface area contributed by atoms with Crippen molar-refractivity contribution < 1.29 is 9.53 Å². The van der Waals surface area contributed by atoms with Gasteiger partial charge in [-0.15, -0.1) is 0 Å². The van der Waals surface area contributed by atoms with Gasteiger partial charge in [0.05, 0.1) is 5.60 Å². The van der Waals surface area contributed by atoms with Crippen molar-refractivity contribution in [2.24, 2.45) is 0 Å². The van der Waals surface area contributed by atoms with Crippen LogP contribution in [0.2, 0.25) is 0 Å². The van der Waals surface area contributed by atoms with Gasteiger partial charge in [0, 0.05) is 37.9 Å². The zero-order valence-corrected chi connectivity index (χ0v) is 18.1. The fourth-order valence-electron chi connectivity index (χ4n) is 5.04. The van der Waals surface area contributed by atoms with E-state index >= 15 is 0 Å². The number of hydrogen-bond acceptors (Lipinski definition) is 3. The maximum Gasteiger partial charge on any atom is 0.248 e. The first kappa shape index (κ1) is 20.3. The summed E-state index contributed by atoms with van der Waals surface area (Å²) in [5, 5.41) is 1.26. The first-order valence-electron chi connectivity index (χ1n) is 11.4. The maximum atomic E-state index is 12.5. The second kappa shape index (κ2) is 8.85. The lowest BCUT2D eigenvalue weighted by Crippen LogP contribution is -2.55. The van der Waals surface area contributed by atoms with Crippen LogP contribution in [0.5, 0.6) is 0 Å². The lowest BCUT2D eigenvalue weighted by molar-refractivity contribution is -0.165. The summed E-state index contributed by atoms with van der Waals surface area (Å²) in [7, 11) is 0. The third-order valence-corrected chi connectivity index (χ3v) is 6.86. The number of benzene rings is 2. The number of fused-ring (bicyclic) bond motifs is 1.